The Morgan fingerprint density at radius 2 is 2.20 bits per heavy atom. The van der Waals surface area contributed by atoms with E-state index < -0.39 is 0 Å². The minimum Gasteiger partial charge on any atom is -0.365 e. The monoisotopic (exact) mass is 234 g/mol. The predicted octanol–water partition coefficient (Wildman–Crippen LogP) is 0.582. The normalized spacial score (nSPS) is 38.3. The van der Waals surface area contributed by atoms with Crippen molar-refractivity contribution < 1.29 is 9.53 Å². The molecular weight excluding hydrogens is 216 g/mol. The van der Waals surface area contributed by atoms with Crippen LogP contribution in [-0.2, 0) is 9.53 Å². The van der Waals surface area contributed by atoms with Crippen molar-refractivity contribution in [3.63, 3.8) is 0 Å². The minimum absolute atomic E-state index is 0. The average molecular weight is 235 g/mol. The number of amides is 1. The van der Waals surface area contributed by atoms with Crippen LogP contribution in [0.25, 0.3) is 0 Å². The molecule has 0 bridgehead atoms. The fourth-order valence-corrected chi connectivity index (χ4v) is 1.86. The van der Waals surface area contributed by atoms with Gasteiger partial charge in [-0.1, -0.05) is 6.92 Å². The van der Waals surface area contributed by atoms with Crippen molar-refractivity contribution in [2.45, 2.75) is 56.9 Å². The van der Waals surface area contributed by atoms with Crippen LogP contribution in [0.3, 0.4) is 0 Å². The number of hydrogen-bond donors (Lipinski definition) is 2. The van der Waals surface area contributed by atoms with Gasteiger partial charge in [0.1, 0.15) is 6.10 Å². The highest BCUT2D eigenvalue weighted by atomic mass is 35.5. The largest absolute Gasteiger partial charge is 0.365 e. The van der Waals surface area contributed by atoms with Crippen molar-refractivity contribution in [3.05, 3.63) is 0 Å². The first-order valence-electron chi connectivity index (χ1n) is 5.42. The molecule has 1 saturated carbocycles. The van der Waals surface area contributed by atoms with Crippen LogP contribution in [0.2, 0.25) is 0 Å². The van der Waals surface area contributed by atoms with Crippen LogP contribution in [0.4, 0.5) is 0 Å². The molecule has 15 heavy (non-hydrogen) atoms. The third-order valence-corrected chi connectivity index (χ3v) is 3.02. The number of nitrogens with one attached hydrogen (secondary N) is 1. The third kappa shape index (κ3) is 3.06. The number of ether oxygens (including phenoxy) is 1. The molecular formula is C10H19ClN2O2. The van der Waals surface area contributed by atoms with Gasteiger partial charge >= 0.3 is 0 Å². The van der Waals surface area contributed by atoms with Crippen molar-refractivity contribution in [2.24, 2.45) is 5.73 Å². The standard InChI is InChI=1S/C10H18N2O2.ClH/c1-2-6-3-4-9(14-6)10(13)12-8-5-7(8)11;/h6-9H,2-5,11H2,1H3,(H,12,13);1H. The molecule has 0 aromatic heterocycles. The zero-order valence-corrected chi connectivity index (χ0v) is 9.76. The highest BCUT2D eigenvalue weighted by molar-refractivity contribution is 5.85. The number of rotatable bonds is 3. The van der Waals surface area contributed by atoms with Gasteiger partial charge < -0.3 is 15.8 Å². The maximum absolute atomic E-state index is 11.6. The number of carbonyl (C=O) groups excluding carboxylic acids is 1. The Bertz CT molecular complexity index is 237. The molecule has 0 radical (unpaired) electrons. The van der Waals surface area contributed by atoms with Gasteiger partial charge in [0.2, 0.25) is 5.91 Å². The summed E-state index contributed by atoms with van der Waals surface area (Å²) in [5, 5.41) is 2.90. The molecule has 2 aliphatic rings. The first-order valence-corrected chi connectivity index (χ1v) is 5.42. The van der Waals surface area contributed by atoms with Gasteiger partial charge in [0.25, 0.3) is 0 Å². The molecule has 88 valence electrons. The number of nitrogens with two attached hydrogens (primary N) is 1. The maximum Gasteiger partial charge on any atom is 0.249 e. The zero-order chi connectivity index (χ0) is 10.1. The summed E-state index contributed by atoms with van der Waals surface area (Å²) in [5.74, 6) is 0.0268. The van der Waals surface area contributed by atoms with Crippen LogP contribution in [0, 0.1) is 0 Å². The van der Waals surface area contributed by atoms with E-state index in [9.17, 15) is 4.79 Å². The van der Waals surface area contributed by atoms with Crippen molar-refractivity contribution in [2.75, 3.05) is 0 Å². The molecule has 1 saturated heterocycles. The first kappa shape index (κ1) is 12.7. The van der Waals surface area contributed by atoms with Gasteiger partial charge in [-0.3, -0.25) is 4.79 Å². The minimum atomic E-state index is -0.229. The van der Waals surface area contributed by atoms with Gasteiger partial charge in [0.05, 0.1) is 6.10 Å². The molecule has 2 rings (SSSR count). The molecule has 1 aliphatic heterocycles. The molecule has 2 fully saturated rings. The van der Waals surface area contributed by atoms with Gasteiger partial charge in [-0.25, -0.2) is 0 Å². The quantitative estimate of drug-likeness (QED) is 0.751. The second kappa shape index (κ2) is 5.14. The van der Waals surface area contributed by atoms with Gasteiger partial charge in [0, 0.05) is 12.1 Å². The van der Waals surface area contributed by atoms with E-state index in [1.165, 1.54) is 0 Å². The summed E-state index contributed by atoms with van der Waals surface area (Å²) >= 11 is 0. The third-order valence-electron chi connectivity index (χ3n) is 3.02. The van der Waals surface area contributed by atoms with Gasteiger partial charge in [-0.15, -0.1) is 12.4 Å². The van der Waals surface area contributed by atoms with Crippen LogP contribution >= 0.6 is 12.4 Å². The van der Waals surface area contributed by atoms with Crippen molar-refractivity contribution in [1.29, 1.82) is 0 Å². The topological polar surface area (TPSA) is 64.4 Å². The van der Waals surface area contributed by atoms with Crippen molar-refractivity contribution in [1.82, 2.24) is 5.32 Å². The smallest absolute Gasteiger partial charge is 0.249 e. The van der Waals surface area contributed by atoms with Gasteiger partial charge in [0.15, 0.2) is 0 Å². The van der Waals surface area contributed by atoms with E-state index in [2.05, 4.69) is 12.2 Å². The summed E-state index contributed by atoms with van der Waals surface area (Å²) < 4.78 is 5.58. The summed E-state index contributed by atoms with van der Waals surface area (Å²) in [6, 6.07) is 0.370. The lowest BCUT2D eigenvalue weighted by atomic mass is 10.1. The molecule has 1 heterocycles. The first-order chi connectivity index (χ1) is 6.70. The van der Waals surface area contributed by atoms with E-state index in [4.69, 9.17) is 10.5 Å². The summed E-state index contributed by atoms with van der Waals surface area (Å²) in [4.78, 5) is 11.6. The van der Waals surface area contributed by atoms with E-state index in [0.717, 1.165) is 25.7 Å². The molecule has 0 spiro atoms. The number of hydrogen-bond acceptors (Lipinski definition) is 3. The second-order valence-electron chi connectivity index (χ2n) is 4.25. The molecule has 5 heteroatoms. The summed E-state index contributed by atoms with van der Waals surface area (Å²) in [6.45, 7) is 2.09. The van der Waals surface area contributed by atoms with Crippen LogP contribution in [0.5, 0.6) is 0 Å². The lowest BCUT2D eigenvalue weighted by Crippen LogP contribution is -2.38. The number of carbonyl (C=O) groups is 1. The SMILES string of the molecule is CCC1CCC(C(=O)NC2CC2N)O1.Cl. The lowest BCUT2D eigenvalue weighted by molar-refractivity contribution is -0.132. The molecule has 3 N–H and O–H groups in total. The Hall–Kier alpha value is -0.320. The summed E-state index contributed by atoms with van der Waals surface area (Å²) in [7, 11) is 0. The second-order valence-corrected chi connectivity index (χ2v) is 4.25. The molecule has 4 nitrogen and oxygen atoms in total. The number of halogens is 1. The Labute approximate surface area is 96.3 Å². The lowest BCUT2D eigenvalue weighted by Gasteiger charge is -2.12. The Balaban J connectivity index is 0.00000112. The van der Waals surface area contributed by atoms with Crippen LogP contribution in [-0.4, -0.2) is 30.2 Å². The Kier molecular flexibility index (Phi) is 4.37. The van der Waals surface area contributed by atoms with E-state index in [1.54, 1.807) is 0 Å². The molecule has 1 amide bonds. The maximum atomic E-state index is 11.6. The highest BCUT2D eigenvalue weighted by Gasteiger charge is 2.38. The van der Waals surface area contributed by atoms with E-state index in [-0.39, 0.29) is 42.6 Å². The molecule has 0 aromatic carbocycles. The molecule has 0 aromatic rings. The van der Waals surface area contributed by atoms with E-state index in [1.807, 2.05) is 0 Å². The van der Waals surface area contributed by atoms with Crippen LogP contribution in [0.1, 0.15) is 32.6 Å². The van der Waals surface area contributed by atoms with Crippen molar-refractivity contribution in [3.8, 4) is 0 Å². The Morgan fingerprint density at radius 1 is 1.53 bits per heavy atom. The average Bonchev–Trinajstić information content (AvgIpc) is 2.72. The zero-order valence-electron chi connectivity index (χ0n) is 8.94. The van der Waals surface area contributed by atoms with Crippen LogP contribution in [0.15, 0.2) is 0 Å². The van der Waals surface area contributed by atoms with Crippen molar-refractivity contribution >= 4 is 18.3 Å². The summed E-state index contributed by atoms with van der Waals surface area (Å²) in [6.07, 6.45) is 3.81. The molecule has 4 atom stereocenters. The van der Waals surface area contributed by atoms with Crippen LogP contribution < -0.4 is 11.1 Å². The highest BCUT2D eigenvalue weighted by Crippen LogP contribution is 2.24. The van der Waals surface area contributed by atoms with Gasteiger partial charge in [-0.05, 0) is 25.7 Å². The van der Waals surface area contributed by atoms with Gasteiger partial charge in [-0.2, -0.15) is 0 Å². The fraction of sp³-hybridized carbons (Fsp3) is 0.900. The predicted molar refractivity (Wildman–Crippen MR) is 60.0 cm³/mol. The Morgan fingerprint density at radius 3 is 2.67 bits per heavy atom. The molecule has 4 unspecified atom stereocenters. The fourth-order valence-electron chi connectivity index (χ4n) is 1.86. The summed E-state index contributed by atoms with van der Waals surface area (Å²) in [5.41, 5.74) is 5.61. The molecule has 1 aliphatic carbocycles. The van der Waals surface area contributed by atoms with E-state index >= 15 is 0 Å². The van der Waals surface area contributed by atoms with E-state index in [0.29, 0.717) is 0 Å².